The zero-order valence-electron chi connectivity index (χ0n) is 12.9. The molecular weight excluding hydrogens is 252 g/mol. The average Bonchev–Trinajstić information content (AvgIpc) is 2.46. The van der Waals surface area contributed by atoms with Gasteiger partial charge < -0.3 is 15.3 Å². The molecule has 1 amide bonds. The van der Waals surface area contributed by atoms with Gasteiger partial charge in [0.2, 0.25) is 0 Å². The smallest absolute Gasteiger partial charge is 0.251 e. The van der Waals surface area contributed by atoms with Gasteiger partial charge in [-0.25, -0.2) is 0 Å². The molecule has 4 heteroatoms. The summed E-state index contributed by atoms with van der Waals surface area (Å²) in [7, 11) is 2.02. The lowest BCUT2D eigenvalue weighted by molar-refractivity contribution is 0.0920. The third kappa shape index (κ3) is 4.85. The molecule has 0 saturated heterocycles. The molecule has 1 atom stereocenters. The van der Waals surface area contributed by atoms with Gasteiger partial charge in [-0.1, -0.05) is 13.8 Å². The van der Waals surface area contributed by atoms with Gasteiger partial charge in [-0.15, -0.1) is 0 Å². The van der Waals surface area contributed by atoms with Crippen LogP contribution in [0.2, 0.25) is 0 Å². The van der Waals surface area contributed by atoms with Crippen LogP contribution in [0, 0.1) is 5.92 Å². The molecule has 112 valence electrons. The van der Waals surface area contributed by atoms with Crippen molar-refractivity contribution >= 4 is 11.6 Å². The predicted octanol–water partition coefficient (Wildman–Crippen LogP) is 2.28. The molecule has 1 aromatic carbocycles. The number of hydrogen-bond donors (Lipinski definition) is 2. The van der Waals surface area contributed by atoms with E-state index in [0.29, 0.717) is 18.5 Å². The second kappa shape index (κ2) is 7.90. The number of nitrogens with zero attached hydrogens (tertiary/aromatic N) is 1. The highest BCUT2D eigenvalue weighted by atomic mass is 16.3. The third-order valence-corrected chi connectivity index (χ3v) is 3.54. The van der Waals surface area contributed by atoms with Crippen LogP contribution in [-0.2, 0) is 0 Å². The van der Waals surface area contributed by atoms with Gasteiger partial charge in [-0.3, -0.25) is 4.79 Å². The Balaban J connectivity index is 2.48. The van der Waals surface area contributed by atoms with Crippen LogP contribution in [0.25, 0.3) is 0 Å². The Bertz CT molecular complexity index is 415. The van der Waals surface area contributed by atoms with E-state index in [-0.39, 0.29) is 17.9 Å². The fraction of sp³-hybridized carbons (Fsp3) is 0.562. The number of aliphatic hydroxyl groups excluding tert-OH is 1. The van der Waals surface area contributed by atoms with Crippen molar-refractivity contribution in [2.75, 3.05) is 25.0 Å². The summed E-state index contributed by atoms with van der Waals surface area (Å²) in [6, 6.07) is 7.55. The lowest BCUT2D eigenvalue weighted by Gasteiger charge is -2.17. The van der Waals surface area contributed by atoms with E-state index < -0.39 is 0 Å². The molecule has 0 fully saturated rings. The van der Waals surface area contributed by atoms with Crippen molar-refractivity contribution in [2.45, 2.75) is 33.3 Å². The van der Waals surface area contributed by atoms with E-state index in [9.17, 15) is 9.90 Å². The molecule has 0 heterocycles. The molecule has 1 rings (SSSR count). The maximum absolute atomic E-state index is 11.9. The first-order chi connectivity index (χ1) is 9.45. The van der Waals surface area contributed by atoms with Crippen molar-refractivity contribution in [2.24, 2.45) is 5.92 Å². The highest BCUT2D eigenvalue weighted by Gasteiger charge is 2.10. The third-order valence-electron chi connectivity index (χ3n) is 3.54. The van der Waals surface area contributed by atoms with Crippen molar-refractivity contribution in [1.29, 1.82) is 0 Å². The van der Waals surface area contributed by atoms with Crippen molar-refractivity contribution in [3.05, 3.63) is 29.8 Å². The fourth-order valence-electron chi connectivity index (χ4n) is 1.82. The monoisotopic (exact) mass is 278 g/mol. The van der Waals surface area contributed by atoms with Crippen molar-refractivity contribution in [3.8, 4) is 0 Å². The van der Waals surface area contributed by atoms with Crippen LogP contribution in [0.5, 0.6) is 0 Å². The van der Waals surface area contributed by atoms with Gasteiger partial charge >= 0.3 is 0 Å². The van der Waals surface area contributed by atoms with Crippen molar-refractivity contribution in [1.82, 2.24) is 5.32 Å². The number of carbonyl (C=O) groups is 1. The Morgan fingerprint density at radius 3 is 2.40 bits per heavy atom. The Morgan fingerprint density at radius 1 is 1.30 bits per heavy atom. The Morgan fingerprint density at radius 2 is 1.90 bits per heavy atom. The van der Waals surface area contributed by atoms with Gasteiger partial charge in [-0.2, -0.15) is 0 Å². The van der Waals surface area contributed by atoms with Crippen LogP contribution in [0.4, 0.5) is 5.69 Å². The van der Waals surface area contributed by atoms with E-state index in [4.69, 9.17) is 0 Å². The number of carbonyl (C=O) groups excluding carboxylic acids is 1. The summed E-state index contributed by atoms with van der Waals surface area (Å²) >= 11 is 0. The van der Waals surface area contributed by atoms with Crippen LogP contribution >= 0.6 is 0 Å². The van der Waals surface area contributed by atoms with Gasteiger partial charge in [0.1, 0.15) is 0 Å². The number of hydrogen-bond acceptors (Lipinski definition) is 3. The van der Waals surface area contributed by atoms with Crippen LogP contribution in [0.15, 0.2) is 24.3 Å². The zero-order chi connectivity index (χ0) is 15.1. The van der Waals surface area contributed by atoms with E-state index in [2.05, 4.69) is 17.1 Å². The number of anilines is 1. The standard InChI is InChI=1S/C16H26N2O2/c1-5-18(4)14-8-6-13(7-9-14)16(20)17-11-10-15(19)12(2)3/h6-9,12,15,19H,5,10-11H2,1-4H3,(H,17,20). The van der Waals surface area contributed by atoms with E-state index in [1.165, 1.54) is 0 Å². The van der Waals surface area contributed by atoms with E-state index in [1.54, 1.807) is 0 Å². The average molecular weight is 278 g/mol. The molecule has 4 nitrogen and oxygen atoms in total. The summed E-state index contributed by atoms with van der Waals surface area (Å²) in [5, 5.41) is 12.5. The summed E-state index contributed by atoms with van der Waals surface area (Å²) in [4.78, 5) is 14.1. The van der Waals surface area contributed by atoms with Crippen molar-refractivity contribution < 1.29 is 9.90 Å². The molecule has 0 aromatic heterocycles. The molecule has 0 bridgehead atoms. The molecule has 0 aliphatic heterocycles. The highest BCUT2D eigenvalue weighted by molar-refractivity contribution is 5.94. The van der Waals surface area contributed by atoms with Gasteiger partial charge in [0, 0.05) is 31.4 Å². The van der Waals surface area contributed by atoms with Gasteiger partial charge in [-0.05, 0) is 43.5 Å². The van der Waals surface area contributed by atoms with E-state index >= 15 is 0 Å². The van der Waals surface area contributed by atoms with Crippen LogP contribution in [0.1, 0.15) is 37.6 Å². The highest BCUT2D eigenvalue weighted by Crippen LogP contribution is 2.13. The largest absolute Gasteiger partial charge is 0.393 e. The first-order valence-corrected chi connectivity index (χ1v) is 7.23. The topological polar surface area (TPSA) is 52.6 Å². The quantitative estimate of drug-likeness (QED) is 0.804. The van der Waals surface area contributed by atoms with E-state index in [1.807, 2.05) is 45.2 Å². The predicted molar refractivity (Wildman–Crippen MR) is 83.2 cm³/mol. The first-order valence-electron chi connectivity index (χ1n) is 7.23. The SMILES string of the molecule is CCN(C)c1ccc(C(=O)NCCC(O)C(C)C)cc1. The molecule has 1 aromatic rings. The minimum absolute atomic E-state index is 0.0911. The first kappa shape index (κ1) is 16.5. The van der Waals surface area contributed by atoms with Crippen LogP contribution in [-0.4, -0.2) is 37.3 Å². The Kier molecular flexibility index (Phi) is 6.52. The molecule has 2 N–H and O–H groups in total. The molecule has 0 aliphatic carbocycles. The van der Waals surface area contributed by atoms with Gasteiger partial charge in [0.25, 0.3) is 5.91 Å². The second-order valence-corrected chi connectivity index (χ2v) is 5.42. The van der Waals surface area contributed by atoms with Crippen molar-refractivity contribution in [3.63, 3.8) is 0 Å². The minimum Gasteiger partial charge on any atom is -0.393 e. The summed E-state index contributed by atoms with van der Waals surface area (Å²) in [5.41, 5.74) is 1.75. The maximum atomic E-state index is 11.9. The molecule has 0 spiro atoms. The molecule has 0 saturated carbocycles. The zero-order valence-corrected chi connectivity index (χ0v) is 12.9. The van der Waals surface area contributed by atoms with Crippen LogP contribution < -0.4 is 10.2 Å². The number of amides is 1. The molecule has 0 aliphatic rings. The number of nitrogens with one attached hydrogen (secondary N) is 1. The normalized spacial score (nSPS) is 12.3. The summed E-state index contributed by atoms with van der Waals surface area (Å²) in [6.45, 7) is 7.44. The number of benzene rings is 1. The lowest BCUT2D eigenvalue weighted by atomic mass is 10.0. The Hall–Kier alpha value is -1.55. The summed E-state index contributed by atoms with van der Waals surface area (Å²) in [5.74, 6) is 0.127. The summed E-state index contributed by atoms with van der Waals surface area (Å²) < 4.78 is 0. The number of rotatable bonds is 7. The van der Waals surface area contributed by atoms with E-state index in [0.717, 1.165) is 12.2 Å². The fourth-order valence-corrected chi connectivity index (χ4v) is 1.82. The lowest BCUT2D eigenvalue weighted by Crippen LogP contribution is -2.28. The maximum Gasteiger partial charge on any atom is 0.251 e. The molecule has 0 radical (unpaired) electrons. The van der Waals surface area contributed by atoms with Gasteiger partial charge in [0.05, 0.1) is 6.10 Å². The Labute approximate surface area is 121 Å². The van der Waals surface area contributed by atoms with Gasteiger partial charge in [0.15, 0.2) is 0 Å². The molecule has 20 heavy (non-hydrogen) atoms. The molecular formula is C16H26N2O2. The summed E-state index contributed by atoms with van der Waals surface area (Å²) in [6.07, 6.45) is 0.218. The second-order valence-electron chi connectivity index (χ2n) is 5.42. The number of aliphatic hydroxyl groups is 1. The van der Waals surface area contributed by atoms with Crippen LogP contribution in [0.3, 0.4) is 0 Å². The minimum atomic E-state index is -0.365. The molecule has 1 unspecified atom stereocenters.